The van der Waals surface area contributed by atoms with E-state index in [1.54, 1.807) is 0 Å². The van der Waals surface area contributed by atoms with Crippen molar-refractivity contribution < 1.29 is 28.6 Å². The van der Waals surface area contributed by atoms with Crippen molar-refractivity contribution in [3.63, 3.8) is 0 Å². The highest BCUT2D eigenvalue weighted by Gasteiger charge is 2.19. The van der Waals surface area contributed by atoms with Gasteiger partial charge in [-0.15, -0.1) is 0 Å². The predicted octanol–water partition coefficient (Wildman–Crippen LogP) is 11.1. The summed E-state index contributed by atoms with van der Waals surface area (Å²) in [4.78, 5) is 37.2. The van der Waals surface area contributed by atoms with Gasteiger partial charge in [0.25, 0.3) is 0 Å². The average Bonchev–Trinajstić information content (AvgIpc) is 3.03. The standard InChI is InChI=1S/C39H68O6/c1-4-7-10-13-16-19-22-25-28-31-37(40)43-34-36(45-39(42)33-30-27-24-21-18-15-12-9-6-3)35-44-38(41)32-29-26-23-20-17-14-11-8-5-2/h7-12,36H,4-6,13-35H2,1-3H3/b10-7-,11-8-,12-9-. The van der Waals surface area contributed by atoms with E-state index in [-0.39, 0.29) is 31.1 Å². The summed E-state index contributed by atoms with van der Waals surface area (Å²) in [6, 6.07) is 0. The van der Waals surface area contributed by atoms with E-state index in [0.717, 1.165) is 103 Å². The van der Waals surface area contributed by atoms with E-state index in [9.17, 15) is 14.4 Å². The molecule has 0 N–H and O–H groups in total. The second kappa shape index (κ2) is 34.5. The molecule has 0 aromatic heterocycles. The second-order valence-corrected chi connectivity index (χ2v) is 12.0. The van der Waals surface area contributed by atoms with Crippen LogP contribution in [0.15, 0.2) is 36.5 Å². The summed E-state index contributed by atoms with van der Waals surface area (Å²) >= 11 is 0. The predicted molar refractivity (Wildman–Crippen MR) is 187 cm³/mol. The quantitative estimate of drug-likeness (QED) is 0.0318. The van der Waals surface area contributed by atoms with Crippen molar-refractivity contribution in [3.8, 4) is 0 Å². The van der Waals surface area contributed by atoms with Crippen LogP contribution >= 0.6 is 0 Å². The van der Waals surface area contributed by atoms with E-state index in [0.29, 0.717) is 19.3 Å². The molecule has 6 nitrogen and oxygen atoms in total. The minimum absolute atomic E-state index is 0.0840. The number of hydrogen-bond donors (Lipinski definition) is 0. The molecule has 0 saturated carbocycles. The summed E-state index contributed by atoms with van der Waals surface area (Å²) in [7, 11) is 0. The number of unbranched alkanes of at least 4 members (excludes halogenated alkanes) is 15. The highest BCUT2D eigenvalue weighted by Crippen LogP contribution is 2.12. The molecule has 0 aromatic carbocycles. The summed E-state index contributed by atoms with van der Waals surface area (Å²) in [6.45, 7) is 6.26. The van der Waals surface area contributed by atoms with Gasteiger partial charge in [0.1, 0.15) is 13.2 Å². The van der Waals surface area contributed by atoms with Crippen molar-refractivity contribution in [2.75, 3.05) is 13.2 Å². The van der Waals surface area contributed by atoms with Gasteiger partial charge in [-0.3, -0.25) is 14.4 Å². The van der Waals surface area contributed by atoms with E-state index >= 15 is 0 Å². The molecule has 0 atom stereocenters. The fourth-order valence-electron chi connectivity index (χ4n) is 4.92. The van der Waals surface area contributed by atoms with Crippen LogP contribution in [0.1, 0.15) is 175 Å². The Hall–Kier alpha value is -2.37. The molecule has 0 aliphatic carbocycles. The van der Waals surface area contributed by atoms with Crippen molar-refractivity contribution in [1.29, 1.82) is 0 Å². The third-order valence-corrected chi connectivity index (χ3v) is 7.62. The minimum Gasteiger partial charge on any atom is -0.462 e. The molecule has 0 aliphatic heterocycles. The van der Waals surface area contributed by atoms with Gasteiger partial charge in [0.15, 0.2) is 6.10 Å². The van der Waals surface area contributed by atoms with Crippen molar-refractivity contribution in [2.24, 2.45) is 0 Å². The molecule has 0 spiro atoms. The molecule has 0 aliphatic rings. The van der Waals surface area contributed by atoms with Crippen LogP contribution in [-0.4, -0.2) is 37.2 Å². The molecule has 0 aromatic rings. The molecule has 6 heteroatoms. The first kappa shape index (κ1) is 42.6. The molecule has 0 fully saturated rings. The van der Waals surface area contributed by atoms with Crippen LogP contribution in [-0.2, 0) is 28.6 Å². The van der Waals surface area contributed by atoms with Gasteiger partial charge in [0.2, 0.25) is 0 Å². The van der Waals surface area contributed by atoms with Crippen molar-refractivity contribution >= 4 is 17.9 Å². The normalized spacial score (nSPS) is 11.7. The lowest BCUT2D eigenvalue weighted by molar-refractivity contribution is -0.167. The number of ether oxygens (including phenoxy) is 3. The van der Waals surface area contributed by atoms with E-state index in [1.165, 1.54) is 32.1 Å². The van der Waals surface area contributed by atoms with Crippen LogP contribution < -0.4 is 0 Å². The average molecular weight is 633 g/mol. The van der Waals surface area contributed by atoms with Crippen LogP contribution in [0.4, 0.5) is 0 Å². The molecule has 45 heavy (non-hydrogen) atoms. The number of carbonyl (C=O) groups is 3. The summed E-state index contributed by atoms with van der Waals surface area (Å²) in [5.41, 5.74) is 0. The Labute approximate surface area is 276 Å². The van der Waals surface area contributed by atoms with E-state index in [1.807, 2.05) is 0 Å². The highest BCUT2D eigenvalue weighted by atomic mass is 16.6. The lowest BCUT2D eigenvalue weighted by Crippen LogP contribution is -2.30. The van der Waals surface area contributed by atoms with Crippen LogP contribution in [0.3, 0.4) is 0 Å². The molecule has 0 amide bonds. The van der Waals surface area contributed by atoms with E-state index in [2.05, 4.69) is 57.2 Å². The zero-order valence-corrected chi connectivity index (χ0v) is 29.4. The van der Waals surface area contributed by atoms with Crippen LogP contribution in [0.2, 0.25) is 0 Å². The minimum atomic E-state index is -0.775. The maximum atomic E-state index is 12.5. The molecular formula is C39H68O6. The van der Waals surface area contributed by atoms with Gasteiger partial charge in [-0.25, -0.2) is 0 Å². The third-order valence-electron chi connectivity index (χ3n) is 7.62. The Morgan fingerprint density at radius 2 is 0.733 bits per heavy atom. The summed E-state index contributed by atoms with van der Waals surface area (Å²) in [5.74, 6) is -0.931. The van der Waals surface area contributed by atoms with E-state index < -0.39 is 6.10 Å². The monoisotopic (exact) mass is 633 g/mol. The van der Waals surface area contributed by atoms with Gasteiger partial charge < -0.3 is 14.2 Å². The Bertz CT molecular complexity index is 740. The van der Waals surface area contributed by atoms with Gasteiger partial charge >= 0.3 is 17.9 Å². The Morgan fingerprint density at radius 3 is 1.09 bits per heavy atom. The zero-order chi connectivity index (χ0) is 33.1. The third kappa shape index (κ3) is 32.8. The molecular weight excluding hydrogens is 564 g/mol. The van der Waals surface area contributed by atoms with Crippen molar-refractivity contribution in [2.45, 2.75) is 181 Å². The molecule has 0 rings (SSSR count). The lowest BCUT2D eigenvalue weighted by atomic mass is 10.1. The molecule has 0 unspecified atom stereocenters. The molecule has 260 valence electrons. The fraction of sp³-hybridized carbons (Fsp3) is 0.769. The molecule has 0 bridgehead atoms. The van der Waals surface area contributed by atoms with Crippen LogP contribution in [0.5, 0.6) is 0 Å². The largest absolute Gasteiger partial charge is 0.462 e. The Kier molecular flexibility index (Phi) is 32.7. The molecule has 0 radical (unpaired) electrons. The summed E-state index contributed by atoms with van der Waals surface area (Å²) in [5, 5.41) is 0. The van der Waals surface area contributed by atoms with Crippen LogP contribution in [0, 0.1) is 0 Å². The molecule has 0 heterocycles. The van der Waals surface area contributed by atoms with Gasteiger partial charge in [0, 0.05) is 19.3 Å². The zero-order valence-electron chi connectivity index (χ0n) is 29.4. The molecule has 0 saturated heterocycles. The van der Waals surface area contributed by atoms with Gasteiger partial charge in [-0.1, -0.05) is 115 Å². The SMILES string of the molecule is CC/C=C\CCCCCCCC(=O)OCC(COC(=O)CCCCCCC/C=C\CC)OC(=O)CCCCCCC/C=C\CC. The van der Waals surface area contributed by atoms with Gasteiger partial charge in [0.05, 0.1) is 0 Å². The van der Waals surface area contributed by atoms with Gasteiger partial charge in [-0.05, 0) is 77.0 Å². The summed E-state index contributed by atoms with van der Waals surface area (Å²) < 4.78 is 16.5. The first-order valence-corrected chi connectivity index (χ1v) is 18.5. The Balaban J connectivity index is 4.40. The van der Waals surface area contributed by atoms with Crippen LogP contribution in [0.25, 0.3) is 0 Å². The lowest BCUT2D eigenvalue weighted by Gasteiger charge is -2.18. The number of carbonyl (C=O) groups excluding carboxylic acids is 3. The summed E-state index contributed by atoms with van der Waals surface area (Å²) in [6.07, 6.45) is 35.8. The number of esters is 3. The first-order valence-electron chi connectivity index (χ1n) is 18.5. The topological polar surface area (TPSA) is 78.9 Å². The first-order chi connectivity index (χ1) is 22.0. The highest BCUT2D eigenvalue weighted by molar-refractivity contribution is 5.71. The number of rotatable bonds is 32. The Morgan fingerprint density at radius 1 is 0.422 bits per heavy atom. The maximum absolute atomic E-state index is 12.5. The van der Waals surface area contributed by atoms with Crippen molar-refractivity contribution in [3.05, 3.63) is 36.5 Å². The fourth-order valence-corrected chi connectivity index (χ4v) is 4.92. The van der Waals surface area contributed by atoms with Gasteiger partial charge in [-0.2, -0.15) is 0 Å². The van der Waals surface area contributed by atoms with Crippen molar-refractivity contribution in [1.82, 2.24) is 0 Å². The number of allylic oxidation sites excluding steroid dienone is 6. The second-order valence-electron chi connectivity index (χ2n) is 12.0. The maximum Gasteiger partial charge on any atom is 0.306 e. The smallest absolute Gasteiger partial charge is 0.306 e. The number of hydrogen-bond acceptors (Lipinski definition) is 6. The van der Waals surface area contributed by atoms with E-state index in [4.69, 9.17) is 14.2 Å².